The van der Waals surface area contributed by atoms with Crippen LogP contribution in [0.2, 0.25) is 5.02 Å². The number of hydrogen-bond acceptors (Lipinski definition) is 4. The molecule has 0 fully saturated rings. The van der Waals surface area contributed by atoms with E-state index in [1.54, 1.807) is 42.5 Å². The smallest absolute Gasteiger partial charge is 0.244 e. The fourth-order valence-electron chi connectivity index (χ4n) is 2.03. The molecule has 26 heavy (non-hydrogen) atoms. The first kappa shape index (κ1) is 19.9. The van der Waals surface area contributed by atoms with Crippen molar-refractivity contribution >= 4 is 39.1 Å². The molecule has 0 atom stereocenters. The molecule has 0 saturated heterocycles. The molecular weight excluding hydrogens is 378 g/mol. The Bertz CT molecular complexity index is 888. The van der Waals surface area contributed by atoms with Crippen LogP contribution in [0.4, 0.5) is 5.69 Å². The van der Waals surface area contributed by atoms with Crippen molar-refractivity contribution in [3.05, 3.63) is 59.6 Å². The predicted octanol–water partition coefficient (Wildman–Crippen LogP) is 1.72. The molecular formula is C17H18ClN3O4S. The third-order valence-corrected chi connectivity index (χ3v) is 5.17. The van der Waals surface area contributed by atoms with Crippen molar-refractivity contribution in [1.82, 2.24) is 9.62 Å². The predicted molar refractivity (Wildman–Crippen MR) is 99.3 cm³/mol. The first-order chi connectivity index (χ1) is 12.3. The van der Waals surface area contributed by atoms with Crippen molar-refractivity contribution < 1.29 is 18.0 Å². The summed E-state index contributed by atoms with van der Waals surface area (Å²) in [6, 6.07) is 14.4. The third-order valence-electron chi connectivity index (χ3n) is 3.42. The second-order valence-corrected chi connectivity index (χ2v) is 7.59. The number of benzene rings is 2. The van der Waals surface area contributed by atoms with Crippen LogP contribution < -0.4 is 10.0 Å². The van der Waals surface area contributed by atoms with Gasteiger partial charge in [-0.15, -0.1) is 0 Å². The maximum absolute atomic E-state index is 12.1. The van der Waals surface area contributed by atoms with E-state index < -0.39 is 28.4 Å². The minimum atomic E-state index is -3.79. The average Bonchev–Trinajstić information content (AvgIpc) is 2.62. The second kappa shape index (κ2) is 8.79. The van der Waals surface area contributed by atoms with Gasteiger partial charge < -0.3 is 10.2 Å². The highest BCUT2D eigenvalue weighted by atomic mass is 35.5. The summed E-state index contributed by atoms with van der Waals surface area (Å²) < 4.78 is 26.4. The Morgan fingerprint density at radius 1 is 1.04 bits per heavy atom. The van der Waals surface area contributed by atoms with Gasteiger partial charge in [0.1, 0.15) is 0 Å². The number of rotatable bonds is 7. The van der Waals surface area contributed by atoms with Gasteiger partial charge in [-0.1, -0.05) is 41.9 Å². The number of anilines is 1. The molecule has 2 rings (SSSR count). The topological polar surface area (TPSA) is 95.6 Å². The van der Waals surface area contributed by atoms with Crippen molar-refractivity contribution in [1.29, 1.82) is 0 Å². The molecule has 0 spiro atoms. The first-order valence-corrected chi connectivity index (χ1v) is 9.49. The Hall–Kier alpha value is -2.42. The lowest BCUT2D eigenvalue weighted by atomic mass is 10.3. The van der Waals surface area contributed by atoms with Gasteiger partial charge in [0.15, 0.2) is 0 Å². The van der Waals surface area contributed by atoms with E-state index in [4.69, 9.17) is 11.6 Å². The lowest BCUT2D eigenvalue weighted by molar-refractivity contribution is -0.132. The summed E-state index contributed by atoms with van der Waals surface area (Å²) in [4.78, 5) is 25.3. The number of hydrogen-bond donors (Lipinski definition) is 2. The first-order valence-electron chi connectivity index (χ1n) is 7.62. The minimum absolute atomic E-state index is 0.0620. The van der Waals surface area contributed by atoms with Crippen LogP contribution in [0.15, 0.2) is 59.5 Å². The number of likely N-dealkylation sites (N-methyl/N-ethyl adjacent to an activating group) is 1. The number of para-hydroxylation sites is 1. The Balaban J connectivity index is 1.87. The molecule has 0 bridgehead atoms. The van der Waals surface area contributed by atoms with Gasteiger partial charge in [-0.25, -0.2) is 13.1 Å². The average molecular weight is 396 g/mol. The normalized spacial score (nSPS) is 11.0. The van der Waals surface area contributed by atoms with Gasteiger partial charge in [-0.2, -0.15) is 0 Å². The quantitative estimate of drug-likeness (QED) is 0.746. The van der Waals surface area contributed by atoms with Gasteiger partial charge in [-0.05, 0) is 24.3 Å². The van der Waals surface area contributed by atoms with Gasteiger partial charge in [-0.3, -0.25) is 9.59 Å². The van der Waals surface area contributed by atoms with Crippen molar-refractivity contribution in [3.8, 4) is 0 Å². The summed E-state index contributed by atoms with van der Waals surface area (Å²) in [7, 11) is -2.38. The summed E-state index contributed by atoms with van der Waals surface area (Å²) >= 11 is 5.95. The highest BCUT2D eigenvalue weighted by Gasteiger charge is 2.18. The molecule has 2 N–H and O–H groups in total. The minimum Gasteiger partial charge on any atom is -0.335 e. The zero-order valence-electron chi connectivity index (χ0n) is 14.0. The number of sulfonamides is 1. The molecule has 2 amide bonds. The van der Waals surface area contributed by atoms with Crippen LogP contribution in [0.5, 0.6) is 0 Å². The highest BCUT2D eigenvalue weighted by molar-refractivity contribution is 7.89. The van der Waals surface area contributed by atoms with Gasteiger partial charge in [0.05, 0.1) is 28.7 Å². The number of halogens is 1. The maximum atomic E-state index is 12.1. The zero-order chi connectivity index (χ0) is 19.2. The Morgan fingerprint density at radius 2 is 1.65 bits per heavy atom. The molecule has 0 unspecified atom stereocenters. The molecule has 0 aliphatic heterocycles. The van der Waals surface area contributed by atoms with Gasteiger partial charge in [0.25, 0.3) is 0 Å². The third kappa shape index (κ3) is 5.55. The molecule has 0 aliphatic rings. The monoisotopic (exact) mass is 395 g/mol. The van der Waals surface area contributed by atoms with Crippen LogP contribution in [0, 0.1) is 0 Å². The molecule has 7 nitrogen and oxygen atoms in total. The van der Waals surface area contributed by atoms with Crippen molar-refractivity contribution in [2.75, 3.05) is 25.5 Å². The van der Waals surface area contributed by atoms with Crippen molar-refractivity contribution in [3.63, 3.8) is 0 Å². The fourth-order valence-corrected chi connectivity index (χ4v) is 3.21. The van der Waals surface area contributed by atoms with E-state index in [0.29, 0.717) is 10.7 Å². The lowest BCUT2D eigenvalue weighted by Gasteiger charge is -2.17. The molecule has 0 aromatic heterocycles. The van der Waals surface area contributed by atoms with Crippen LogP contribution >= 0.6 is 11.6 Å². The Kier molecular flexibility index (Phi) is 6.73. The van der Waals surface area contributed by atoms with Crippen molar-refractivity contribution in [2.24, 2.45) is 0 Å². The molecule has 0 aliphatic carbocycles. The van der Waals surface area contributed by atoms with E-state index in [9.17, 15) is 18.0 Å². The van der Waals surface area contributed by atoms with Gasteiger partial charge in [0, 0.05) is 7.05 Å². The van der Waals surface area contributed by atoms with E-state index in [1.165, 1.54) is 19.2 Å². The highest BCUT2D eigenvalue weighted by Crippen LogP contribution is 2.20. The zero-order valence-corrected chi connectivity index (χ0v) is 15.5. The number of amides is 2. The molecule has 2 aromatic rings. The molecule has 138 valence electrons. The molecule has 0 heterocycles. The number of carbonyl (C=O) groups is 2. The molecule has 2 aromatic carbocycles. The van der Waals surface area contributed by atoms with E-state index in [-0.39, 0.29) is 11.4 Å². The summed E-state index contributed by atoms with van der Waals surface area (Å²) in [6.45, 7) is -0.690. The number of carbonyl (C=O) groups excluding carboxylic acids is 2. The number of nitrogens with one attached hydrogen (secondary N) is 2. The molecule has 9 heteroatoms. The van der Waals surface area contributed by atoms with Gasteiger partial charge in [0.2, 0.25) is 21.8 Å². The summed E-state index contributed by atoms with van der Waals surface area (Å²) in [5.74, 6) is -0.987. The lowest BCUT2D eigenvalue weighted by Crippen LogP contribution is -2.41. The summed E-state index contributed by atoms with van der Waals surface area (Å²) in [5, 5.41) is 2.97. The Morgan fingerprint density at radius 3 is 2.31 bits per heavy atom. The van der Waals surface area contributed by atoms with Crippen LogP contribution in [0.3, 0.4) is 0 Å². The van der Waals surface area contributed by atoms with Crippen LogP contribution in [-0.4, -0.2) is 45.3 Å². The van der Waals surface area contributed by atoms with Crippen LogP contribution in [0.25, 0.3) is 0 Å². The summed E-state index contributed by atoms with van der Waals surface area (Å²) in [5.41, 5.74) is 0.435. The van der Waals surface area contributed by atoms with Crippen LogP contribution in [0.1, 0.15) is 0 Å². The molecule has 0 saturated carbocycles. The van der Waals surface area contributed by atoms with Crippen molar-refractivity contribution in [2.45, 2.75) is 4.90 Å². The number of nitrogens with zero attached hydrogens (tertiary/aromatic N) is 1. The van der Waals surface area contributed by atoms with E-state index in [1.807, 2.05) is 0 Å². The second-order valence-electron chi connectivity index (χ2n) is 5.42. The maximum Gasteiger partial charge on any atom is 0.244 e. The van der Waals surface area contributed by atoms with E-state index >= 15 is 0 Å². The SMILES string of the molecule is CN(CC(=O)Nc1ccccc1Cl)C(=O)CNS(=O)(=O)c1ccccc1. The fraction of sp³-hybridized carbons (Fsp3) is 0.176. The van der Waals surface area contributed by atoms with E-state index in [2.05, 4.69) is 10.0 Å². The Labute approximate surface area is 157 Å². The van der Waals surface area contributed by atoms with Gasteiger partial charge >= 0.3 is 0 Å². The van der Waals surface area contributed by atoms with Crippen LogP contribution in [-0.2, 0) is 19.6 Å². The summed E-state index contributed by atoms with van der Waals surface area (Å²) in [6.07, 6.45) is 0. The standard InChI is InChI=1S/C17H18ClN3O4S/c1-21(12-16(22)20-15-10-6-5-9-14(15)18)17(23)11-19-26(24,25)13-7-3-2-4-8-13/h2-10,19H,11-12H2,1H3,(H,20,22). The molecule has 0 radical (unpaired) electrons. The largest absolute Gasteiger partial charge is 0.335 e. The van der Waals surface area contributed by atoms with E-state index in [0.717, 1.165) is 4.90 Å².